The highest BCUT2D eigenvalue weighted by Gasteiger charge is 2.07. The van der Waals surface area contributed by atoms with Crippen LogP contribution >= 0.6 is 15.9 Å². The summed E-state index contributed by atoms with van der Waals surface area (Å²) in [7, 11) is 0. The van der Waals surface area contributed by atoms with Crippen LogP contribution in [0.25, 0.3) is 0 Å². The summed E-state index contributed by atoms with van der Waals surface area (Å²) in [5, 5.41) is 6.15. The van der Waals surface area contributed by atoms with Gasteiger partial charge in [-0.2, -0.15) is 0 Å². The fourth-order valence-corrected chi connectivity index (χ4v) is 2.93. The first-order chi connectivity index (χ1) is 12.7. The molecule has 4 nitrogen and oxygen atoms in total. The Kier molecular flexibility index (Phi) is 6.28. The van der Waals surface area contributed by atoms with Crippen molar-refractivity contribution in [3.8, 4) is 5.75 Å². The number of nitrogens with one attached hydrogen (secondary N) is 2. The molecule has 0 aliphatic heterocycles. The lowest BCUT2D eigenvalue weighted by Crippen LogP contribution is -2.20. The van der Waals surface area contributed by atoms with Crippen molar-refractivity contribution in [2.75, 3.05) is 17.2 Å². The number of carbonyl (C=O) groups excluding carboxylic acids is 1. The first-order valence-electron chi connectivity index (χ1n) is 8.26. The summed E-state index contributed by atoms with van der Waals surface area (Å²) in [6.07, 6.45) is 0. The Balaban J connectivity index is 1.52. The molecule has 0 bridgehead atoms. The topological polar surface area (TPSA) is 50.4 Å². The van der Waals surface area contributed by atoms with Gasteiger partial charge in [0, 0.05) is 17.9 Å². The Morgan fingerprint density at radius 3 is 2.19 bits per heavy atom. The van der Waals surface area contributed by atoms with E-state index in [0.717, 1.165) is 21.4 Å². The average Bonchev–Trinajstić information content (AvgIpc) is 2.67. The van der Waals surface area contributed by atoms with Crippen LogP contribution in [0.4, 0.5) is 11.4 Å². The molecule has 132 valence electrons. The van der Waals surface area contributed by atoms with Gasteiger partial charge in [-0.25, -0.2) is 0 Å². The summed E-state index contributed by atoms with van der Waals surface area (Å²) in [5.41, 5.74) is 2.94. The minimum atomic E-state index is -0.196. The van der Waals surface area contributed by atoms with Gasteiger partial charge in [0.1, 0.15) is 5.75 Å². The van der Waals surface area contributed by atoms with Crippen LogP contribution < -0.4 is 15.4 Å². The first-order valence-corrected chi connectivity index (χ1v) is 9.05. The number of benzene rings is 3. The van der Waals surface area contributed by atoms with Crippen molar-refractivity contribution in [1.29, 1.82) is 0 Å². The molecular formula is C21H19BrN2O2. The van der Waals surface area contributed by atoms with Gasteiger partial charge >= 0.3 is 0 Å². The van der Waals surface area contributed by atoms with Crippen molar-refractivity contribution < 1.29 is 9.53 Å². The third kappa shape index (κ3) is 5.36. The second kappa shape index (κ2) is 9.06. The van der Waals surface area contributed by atoms with Crippen LogP contribution in [0.3, 0.4) is 0 Å². The van der Waals surface area contributed by atoms with Crippen LogP contribution in [0.1, 0.15) is 5.56 Å². The summed E-state index contributed by atoms with van der Waals surface area (Å²) in [5.74, 6) is 0.439. The van der Waals surface area contributed by atoms with E-state index in [2.05, 4.69) is 26.6 Å². The van der Waals surface area contributed by atoms with Gasteiger partial charge in [0.25, 0.3) is 5.91 Å². The fourth-order valence-electron chi connectivity index (χ4n) is 2.39. The molecule has 3 rings (SSSR count). The molecule has 1 amide bonds. The number of halogens is 1. The second-order valence-electron chi connectivity index (χ2n) is 5.69. The second-order valence-corrected chi connectivity index (χ2v) is 6.54. The standard InChI is InChI=1S/C21H19BrN2O2/c22-19-13-16(14-23-17-7-3-1-4-8-17)11-12-20(19)26-15-21(25)24-18-9-5-2-6-10-18/h1-13,23H,14-15H2,(H,24,25). The van der Waals surface area contributed by atoms with Gasteiger partial charge in [-0.15, -0.1) is 0 Å². The zero-order valence-corrected chi connectivity index (χ0v) is 15.7. The van der Waals surface area contributed by atoms with Gasteiger partial charge < -0.3 is 15.4 Å². The van der Waals surface area contributed by atoms with Crippen molar-refractivity contribution in [1.82, 2.24) is 0 Å². The maximum Gasteiger partial charge on any atom is 0.262 e. The highest BCUT2D eigenvalue weighted by atomic mass is 79.9. The molecule has 0 atom stereocenters. The number of anilines is 2. The van der Waals surface area contributed by atoms with Crippen molar-refractivity contribution in [3.05, 3.63) is 88.9 Å². The van der Waals surface area contributed by atoms with Crippen LogP contribution in [-0.2, 0) is 11.3 Å². The summed E-state index contributed by atoms with van der Waals surface area (Å²) >= 11 is 3.51. The maximum absolute atomic E-state index is 12.0. The number of hydrogen-bond donors (Lipinski definition) is 2. The smallest absolute Gasteiger partial charge is 0.262 e. The normalized spacial score (nSPS) is 10.2. The summed E-state index contributed by atoms with van der Waals surface area (Å²) in [4.78, 5) is 12.0. The average molecular weight is 411 g/mol. The lowest BCUT2D eigenvalue weighted by molar-refractivity contribution is -0.118. The van der Waals surface area contributed by atoms with Crippen molar-refractivity contribution in [3.63, 3.8) is 0 Å². The zero-order valence-electron chi connectivity index (χ0n) is 14.1. The molecule has 0 aromatic heterocycles. The molecule has 2 N–H and O–H groups in total. The minimum Gasteiger partial charge on any atom is -0.483 e. The van der Waals surface area contributed by atoms with Crippen molar-refractivity contribution >= 4 is 33.2 Å². The van der Waals surface area contributed by atoms with E-state index in [1.54, 1.807) is 0 Å². The Morgan fingerprint density at radius 2 is 1.54 bits per heavy atom. The minimum absolute atomic E-state index is 0.0465. The largest absolute Gasteiger partial charge is 0.483 e. The van der Waals surface area contributed by atoms with Gasteiger partial charge in [-0.1, -0.05) is 42.5 Å². The third-order valence-electron chi connectivity index (χ3n) is 3.68. The van der Waals surface area contributed by atoms with E-state index in [1.165, 1.54) is 0 Å². The molecule has 3 aromatic carbocycles. The van der Waals surface area contributed by atoms with E-state index in [0.29, 0.717) is 12.3 Å². The van der Waals surface area contributed by atoms with E-state index in [9.17, 15) is 4.79 Å². The molecule has 0 aliphatic carbocycles. The number of para-hydroxylation sites is 2. The van der Waals surface area contributed by atoms with Crippen LogP contribution in [0.15, 0.2) is 83.3 Å². The highest BCUT2D eigenvalue weighted by Crippen LogP contribution is 2.26. The lowest BCUT2D eigenvalue weighted by atomic mass is 10.2. The fraction of sp³-hybridized carbons (Fsp3) is 0.0952. The summed E-state index contributed by atoms with van der Waals surface area (Å²) < 4.78 is 6.43. The van der Waals surface area contributed by atoms with Crippen LogP contribution in [0.2, 0.25) is 0 Å². The number of carbonyl (C=O) groups is 1. The molecule has 5 heteroatoms. The Bertz CT molecular complexity index is 854. The molecule has 0 heterocycles. The van der Waals surface area contributed by atoms with E-state index in [1.807, 2.05) is 78.9 Å². The predicted octanol–water partition coefficient (Wildman–Crippen LogP) is 5.08. The van der Waals surface area contributed by atoms with E-state index < -0.39 is 0 Å². The van der Waals surface area contributed by atoms with Gasteiger partial charge in [-0.05, 0) is 57.9 Å². The zero-order chi connectivity index (χ0) is 18.2. The van der Waals surface area contributed by atoms with Gasteiger partial charge in [0.05, 0.1) is 4.47 Å². The SMILES string of the molecule is O=C(COc1ccc(CNc2ccccc2)cc1Br)Nc1ccccc1. The quantitative estimate of drug-likeness (QED) is 0.570. The monoisotopic (exact) mass is 410 g/mol. The van der Waals surface area contributed by atoms with Crippen LogP contribution in [0.5, 0.6) is 5.75 Å². The van der Waals surface area contributed by atoms with Crippen LogP contribution in [-0.4, -0.2) is 12.5 Å². The molecule has 0 radical (unpaired) electrons. The highest BCUT2D eigenvalue weighted by molar-refractivity contribution is 9.10. The maximum atomic E-state index is 12.0. The molecule has 0 unspecified atom stereocenters. The number of ether oxygens (including phenoxy) is 1. The van der Waals surface area contributed by atoms with Crippen LogP contribution in [0, 0.1) is 0 Å². The Morgan fingerprint density at radius 1 is 0.885 bits per heavy atom. The lowest BCUT2D eigenvalue weighted by Gasteiger charge is -2.11. The van der Waals surface area contributed by atoms with Crippen molar-refractivity contribution in [2.24, 2.45) is 0 Å². The molecule has 0 spiro atoms. The molecule has 0 saturated heterocycles. The first kappa shape index (κ1) is 18.0. The van der Waals surface area contributed by atoms with Gasteiger partial charge in [-0.3, -0.25) is 4.79 Å². The number of amides is 1. The Hall–Kier alpha value is -2.79. The summed E-state index contributed by atoms with van der Waals surface area (Å²) in [6, 6.07) is 25.2. The third-order valence-corrected chi connectivity index (χ3v) is 4.30. The van der Waals surface area contributed by atoms with Gasteiger partial charge in [0.15, 0.2) is 6.61 Å². The molecular weight excluding hydrogens is 392 g/mol. The van der Waals surface area contributed by atoms with E-state index in [4.69, 9.17) is 4.74 Å². The molecule has 0 aliphatic rings. The molecule has 3 aromatic rings. The number of rotatable bonds is 7. The molecule has 0 fully saturated rings. The van der Waals surface area contributed by atoms with E-state index in [-0.39, 0.29) is 12.5 Å². The Labute approximate surface area is 161 Å². The van der Waals surface area contributed by atoms with Crippen molar-refractivity contribution in [2.45, 2.75) is 6.54 Å². The van der Waals surface area contributed by atoms with E-state index >= 15 is 0 Å². The molecule has 26 heavy (non-hydrogen) atoms. The van der Waals surface area contributed by atoms with Gasteiger partial charge in [0.2, 0.25) is 0 Å². The predicted molar refractivity (Wildman–Crippen MR) is 108 cm³/mol. The molecule has 0 saturated carbocycles. The number of hydrogen-bond acceptors (Lipinski definition) is 3. The summed E-state index contributed by atoms with van der Waals surface area (Å²) in [6.45, 7) is 0.659.